The van der Waals surface area contributed by atoms with Crippen LogP contribution < -0.4 is 5.32 Å². The van der Waals surface area contributed by atoms with Crippen LogP contribution in [0.5, 0.6) is 0 Å². The van der Waals surface area contributed by atoms with E-state index in [-0.39, 0.29) is 24.8 Å². The molecule has 1 aliphatic rings. The van der Waals surface area contributed by atoms with E-state index in [2.05, 4.69) is 5.32 Å². The second-order valence-corrected chi connectivity index (χ2v) is 13.6. The second kappa shape index (κ2) is 13.9. The highest BCUT2D eigenvalue weighted by molar-refractivity contribution is 7.56. The lowest BCUT2D eigenvalue weighted by molar-refractivity contribution is -0.138. The number of nitrogens with zero attached hydrogens (tertiary/aromatic N) is 1. The van der Waals surface area contributed by atoms with Crippen LogP contribution in [0.3, 0.4) is 0 Å². The molecule has 1 saturated heterocycles. The number of ether oxygens (including phenoxy) is 1. The van der Waals surface area contributed by atoms with Crippen LogP contribution in [0.2, 0.25) is 0 Å². The normalized spacial score (nSPS) is 20.3. The van der Waals surface area contributed by atoms with Crippen molar-refractivity contribution < 1.29 is 42.2 Å². The number of unbranched alkanes of at least 4 members (excludes halogenated alkanes) is 3. The quantitative estimate of drug-likeness (QED) is 0.210. The number of nitrogens with one attached hydrogen (secondary N) is 1. The van der Waals surface area contributed by atoms with Crippen molar-refractivity contribution >= 4 is 26.8 Å². The van der Waals surface area contributed by atoms with Crippen molar-refractivity contribution in [2.75, 3.05) is 39.3 Å². The molecular formula is C20H39FN2O8P2. The SMILES string of the molecule is CC(C)(F)P(=O)(O)OCCCCNC(=O)[C@@H]1CCCN1C(=O)CCCCCOCP(C)(=O)O. The Morgan fingerprint density at radius 3 is 2.42 bits per heavy atom. The predicted molar refractivity (Wildman–Crippen MR) is 123 cm³/mol. The number of halogens is 1. The summed E-state index contributed by atoms with van der Waals surface area (Å²) in [5.41, 5.74) is 0. The van der Waals surface area contributed by atoms with Crippen LogP contribution in [-0.4, -0.2) is 77.3 Å². The molecule has 33 heavy (non-hydrogen) atoms. The zero-order chi connectivity index (χ0) is 25.1. The molecule has 0 aromatic carbocycles. The highest BCUT2D eigenvalue weighted by Gasteiger charge is 2.40. The first-order valence-corrected chi connectivity index (χ1v) is 15.2. The molecule has 0 aromatic rings. The molecule has 1 aliphatic heterocycles. The van der Waals surface area contributed by atoms with Gasteiger partial charge in [-0.2, -0.15) is 0 Å². The van der Waals surface area contributed by atoms with Gasteiger partial charge in [-0.1, -0.05) is 6.42 Å². The molecule has 10 nitrogen and oxygen atoms in total. The molecule has 1 fully saturated rings. The lowest BCUT2D eigenvalue weighted by Crippen LogP contribution is -2.46. The van der Waals surface area contributed by atoms with Gasteiger partial charge in [0.2, 0.25) is 24.6 Å². The summed E-state index contributed by atoms with van der Waals surface area (Å²) in [6.07, 6.45) is 4.49. The van der Waals surface area contributed by atoms with E-state index in [0.717, 1.165) is 26.7 Å². The molecule has 3 atom stereocenters. The van der Waals surface area contributed by atoms with Gasteiger partial charge in [0.15, 0.2) is 0 Å². The van der Waals surface area contributed by atoms with Crippen molar-refractivity contribution in [2.45, 2.75) is 76.7 Å². The molecule has 0 radical (unpaired) electrons. The van der Waals surface area contributed by atoms with Crippen LogP contribution in [0.4, 0.5) is 4.39 Å². The van der Waals surface area contributed by atoms with Gasteiger partial charge in [0.1, 0.15) is 12.4 Å². The Morgan fingerprint density at radius 1 is 1.12 bits per heavy atom. The van der Waals surface area contributed by atoms with Crippen molar-refractivity contribution in [3.05, 3.63) is 0 Å². The topological polar surface area (TPSA) is 142 Å². The fourth-order valence-corrected chi connectivity index (χ4v) is 4.42. The van der Waals surface area contributed by atoms with Crippen LogP contribution >= 0.6 is 15.0 Å². The largest absolute Gasteiger partial charge is 0.371 e. The van der Waals surface area contributed by atoms with Crippen LogP contribution in [0.15, 0.2) is 0 Å². The van der Waals surface area contributed by atoms with Crippen LogP contribution in [0, 0.1) is 0 Å². The van der Waals surface area contributed by atoms with E-state index in [1.54, 1.807) is 4.90 Å². The molecule has 13 heteroatoms. The first-order chi connectivity index (χ1) is 15.2. The van der Waals surface area contributed by atoms with Gasteiger partial charge in [-0.05, 0) is 52.4 Å². The Hall–Kier alpha value is -0.830. The lowest BCUT2D eigenvalue weighted by atomic mass is 10.1. The molecule has 0 aromatic heterocycles. The number of carbonyl (C=O) groups excluding carboxylic acids is 2. The van der Waals surface area contributed by atoms with E-state index >= 15 is 0 Å². The summed E-state index contributed by atoms with van der Waals surface area (Å²) < 4.78 is 46.2. The van der Waals surface area contributed by atoms with E-state index in [4.69, 9.17) is 14.2 Å². The van der Waals surface area contributed by atoms with E-state index in [1.807, 2.05) is 0 Å². The number of amides is 2. The first kappa shape index (κ1) is 30.2. The van der Waals surface area contributed by atoms with Gasteiger partial charge in [-0.15, -0.1) is 0 Å². The minimum absolute atomic E-state index is 0.0667. The van der Waals surface area contributed by atoms with Crippen LogP contribution in [0.25, 0.3) is 0 Å². The zero-order valence-electron chi connectivity index (χ0n) is 19.8. The number of likely N-dealkylation sites (tertiary alicyclic amines) is 1. The van der Waals surface area contributed by atoms with Crippen molar-refractivity contribution in [3.63, 3.8) is 0 Å². The average molecular weight is 516 g/mol. The van der Waals surface area contributed by atoms with E-state index in [1.165, 1.54) is 6.66 Å². The summed E-state index contributed by atoms with van der Waals surface area (Å²) in [5.74, 6) is -0.288. The van der Waals surface area contributed by atoms with E-state index in [9.17, 15) is 28.0 Å². The van der Waals surface area contributed by atoms with Crippen molar-refractivity contribution in [3.8, 4) is 0 Å². The predicted octanol–water partition coefficient (Wildman–Crippen LogP) is 3.22. The molecule has 0 aliphatic carbocycles. The minimum atomic E-state index is -4.33. The molecule has 194 valence electrons. The molecule has 0 bridgehead atoms. The second-order valence-electron chi connectivity index (χ2n) is 8.91. The maximum absolute atomic E-state index is 13.6. The minimum Gasteiger partial charge on any atom is -0.371 e. The number of hydrogen-bond acceptors (Lipinski definition) is 6. The maximum Gasteiger partial charge on any atom is 0.364 e. The van der Waals surface area contributed by atoms with Gasteiger partial charge >= 0.3 is 7.60 Å². The fourth-order valence-electron chi connectivity index (χ4n) is 3.27. The summed E-state index contributed by atoms with van der Waals surface area (Å²) in [5, 5.41) is 0.461. The Bertz CT molecular complexity index is 725. The third-order valence-corrected chi connectivity index (χ3v) is 7.73. The molecule has 0 saturated carbocycles. The maximum atomic E-state index is 13.6. The van der Waals surface area contributed by atoms with Gasteiger partial charge in [-0.25, -0.2) is 4.39 Å². The third kappa shape index (κ3) is 11.9. The van der Waals surface area contributed by atoms with E-state index < -0.39 is 26.4 Å². The number of rotatable bonds is 16. The van der Waals surface area contributed by atoms with E-state index in [0.29, 0.717) is 58.2 Å². The number of hydrogen-bond donors (Lipinski definition) is 3. The number of alkyl halides is 1. The molecule has 3 N–H and O–H groups in total. The fraction of sp³-hybridized carbons (Fsp3) is 0.900. The Balaban J connectivity index is 2.22. The average Bonchev–Trinajstić information content (AvgIpc) is 3.18. The monoisotopic (exact) mass is 516 g/mol. The van der Waals surface area contributed by atoms with Crippen molar-refractivity contribution in [1.29, 1.82) is 0 Å². The molecule has 1 heterocycles. The highest BCUT2D eigenvalue weighted by Crippen LogP contribution is 2.55. The zero-order valence-corrected chi connectivity index (χ0v) is 21.6. The molecule has 2 unspecified atom stereocenters. The molecule has 0 spiro atoms. The summed E-state index contributed by atoms with van der Waals surface area (Å²) >= 11 is 0. The van der Waals surface area contributed by atoms with Crippen LogP contribution in [-0.2, 0) is 28.0 Å². The molecule has 2 amide bonds. The first-order valence-electron chi connectivity index (χ1n) is 11.4. The third-order valence-electron chi connectivity index (χ3n) is 5.19. The standard InChI is InChI=1S/C20H39FN2O8P2/c1-20(2,21)33(28,29)31-15-8-6-12-22-19(25)17-10-9-13-23(17)18(24)11-5-4-7-14-30-16-32(3,26)27/h17H,4-16H2,1-3H3,(H,22,25)(H,26,27)(H,28,29)/t17-/m0/s1. The van der Waals surface area contributed by atoms with Crippen LogP contribution in [0.1, 0.15) is 65.2 Å². The number of carbonyl (C=O) groups is 2. The van der Waals surface area contributed by atoms with Gasteiger partial charge in [0.25, 0.3) is 0 Å². The molecule has 1 rings (SSSR count). The van der Waals surface area contributed by atoms with Gasteiger partial charge in [0, 0.05) is 32.8 Å². The highest BCUT2D eigenvalue weighted by atomic mass is 31.2. The van der Waals surface area contributed by atoms with Crippen molar-refractivity contribution in [1.82, 2.24) is 10.2 Å². The Kier molecular flexibility index (Phi) is 12.7. The smallest absolute Gasteiger partial charge is 0.364 e. The van der Waals surface area contributed by atoms with Gasteiger partial charge in [-0.3, -0.25) is 18.7 Å². The molecular weight excluding hydrogens is 477 g/mol. The summed E-state index contributed by atoms with van der Waals surface area (Å²) in [6, 6.07) is -0.495. The van der Waals surface area contributed by atoms with Gasteiger partial charge < -0.3 is 29.3 Å². The Morgan fingerprint density at radius 2 is 1.79 bits per heavy atom. The lowest BCUT2D eigenvalue weighted by Gasteiger charge is -2.24. The Labute approximate surface area is 195 Å². The van der Waals surface area contributed by atoms with Crippen molar-refractivity contribution in [2.24, 2.45) is 0 Å². The summed E-state index contributed by atoms with van der Waals surface area (Å²) in [7, 11) is -7.49. The summed E-state index contributed by atoms with van der Waals surface area (Å²) in [6.45, 7) is 4.37. The van der Waals surface area contributed by atoms with Gasteiger partial charge in [0.05, 0.1) is 6.61 Å². The summed E-state index contributed by atoms with van der Waals surface area (Å²) in [4.78, 5) is 45.2.